The Morgan fingerprint density at radius 1 is 1.32 bits per heavy atom. The zero-order chi connectivity index (χ0) is 24.4. The van der Waals surface area contributed by atoms with Gasteiger partial charge in [0.2, 0.25) is 0 Å². The van der Waals surface area contributed by atoms with Crippen LogP contribution in [0, 0.1) is 3.57 Å². The molecular weight excluding hydrogens is 479 g/mol. The summed E-state index contributed by atoms with van der Waals surface area (Å²) in [6.07, 6.45) is -11.3. The van der Waals surface area contributed by atoms with Gasteiger partial charge in [-0.15, -0.1) is 0 Å². The van der Waals surface area contributed by atoms with Crippen LogP contribution in [0.5, 0.6) is 0 Å². The number of benzene rings is 1. The van der Waals surface area contributed by atoms with Gasteiger partial charge in [0.05, 0.1) is 19.8 Å². The lowest BCUT2D eigenvalue weighted by molar-refractivity contribution is -0.0511. The molecule has 28 heavy (non-hydrogen) atoms. The number of hydrogen-bond acceptors (Lipinski definition) is 9. The van der Waals surface area contributed by atoms with Gasteiger partial charge >= 0.3 is 0 Å². The molecule has 0 spiro atoms. The van der Waals surface area contributed by atoms with E-state index in [9.17, 15) is 15.3 Å². The lowest BCUT2D eigenvalue weighted by atomic mass is 10.1. The van der Waals surface area contributed by atoms with Crippen LogP contribution < -0.4 is 11.1 Å². The fourth-order valence-electron chi connectivity index (χ4n) is 2.65. The molecule has 3 heterocycles. The van der Waals surface area contributed by atoms with Crippen LogP contribution in [-0.4, -0.2) is 59.7 Å². The summed E-state index contributed by atoms with van der Waals surface area (Å²) in [6.45, 7) is -2.25. The van der Waals surface area contributed by atoms with Crippen molar-refractivity contribution in [1.82, 2.24) is 19.5 Å². The van der Waals surface area contributed by atoms with Crippen LogP contribution >= 0.6 is 22.6 Å². The maximum atomic E-state index is 10.6. The second kappa shape index (κ2) is 7.75. The maximum Gasteiger partial charge on any atom is 0.167 e. The molecular formula is C17H19IN6O4. The predicted molar refractivity (Wildman–Crippen MR) is 109 cm³/mol. The van der Waals surface area contributed by atoms with Crippen molar-refractivity contribution >= 4 is 45.3 Å². The number of imidazole rings is 1. The van der Waals surface area contributed by atoms with Crippen LogP contribution in [-0.2, 0) is 11.3 Å². The molecule has 1 unspecified atom stereocenters. The number of rotatable bonds is 5. The van der Waals surface area contributed by atoms with E-state index in [0.29, 0.717) is 12.2 Å². The number of nitrogens with two attached hydrogens (primary N) is 1. The monoisotopic (exact) mass is 503 g/mol. The summed E-state index contributed by atoms with van der Waals surface area (Å²) in [6, 6.07) is 5.46. The number of aliphatic hydroxyl groups is 3. The van der Waals surface area contributed by atoms with Crippen molar-refractivity contribution < 1.29 is 26.9 Å². The third kappa shape index (κ3) is 3.39. The van der Waals surface area contributed by atoms with E-state index < -0.39 is 31.0 Å². The molecule has 10 nitrogen and oxygen atoms in total. The van der Waals surface area contributed by atoms with Crippen LogP contribution in [0.3, 0.4) is 0 Å². The molecule has 6 N–H and O–H groups in total. The summed E-state index contributed by atoms with van der Waals surface area (Å²) >= 11 is 2.11. The highest BCUT2D eigenvalue weighted by Crippen LogP contribution is 2.32. The van der Waals surface area contributed by atoms with Gasteiger partial charge in [-0.25, -0.2) is 15.0 Å². The molecule has 1 aliphatic heterocycles. The smallest absolute Gasteiger partial charge is 0.167 e. The number of nitrogens with zero attached hydrogens (tertiary/aromatic N) is 4. The highest BCUT2D eigenvalue weighted by molar-refractivity contribution is 14.1. The van der Waals surface area contributed by atoms with Crippen molar-refractivity contribution in [1.29, 1.82) is 0 Å². The van der Waals surface area contributed by atoms with E-state index in [4.69, 9.17) is 17.3 Å². The van der Waals surface area contributed by atoms with Gasteiger partial charge in [0, 0.05) is 15.8 Å². The van der Waals surface area contributed by atoms with Crippen LogP contribution in [0.2, 0.25) is 0 Å². The van der Waals surface area contributed by atoms with Crippen LogP contribution in [0.15, 0.2) is 30.9 Å². The lowest BCUT2D eigenvalue weighted by Crippen LogP contribution is -2.33. The SMILES string of the molecule is [2H]C(O)[C@@]1([2H])O[C@@]([2H])(n2cnc3c(NCc4ccc(N)c(I)c4)ncnc32)[C@]([2H])(O)[C@]1([2H])O. The van der Waals surface area contributed by atoms with E-state index in [1.807, 2.05) is 12.1 Å². The molecule has 1 aliphatic rings. The number of aromatic nitrogens is 4. The zero-order valence-electron chi connectivity index (χ0n) is 19.2. The van der Waals surface area contributed by atoms with Gasteiger partial charge < -0.3 is 31.1 Å². The fourth-order valence-corrected chi connectivity index (χ4v) is 3.23. The predicted octanol–water partition coefficient (Wildman–Crippen LogP) is 0.237. The molecule has 4 rings (SSSR count). The topological polar surface area (TPSA) is 152 Å². The first-order valence-electron chi connectivity index (χ1n) is 10.6. The van der Waals surface area contributed by atoms with E-state index in [0.717, 1.165) is 26.4 Å². The largest absolute Gasteiger partial charge is 0.398 e. The Bertz CT molecular complexity index is 1230. The number of anilines is 2. The van der Waals surface area contributed by atoms with Crippen molar-refractivity contribution in [2.24, 2.45) is 0 Å². The van der Waals surface area contributed by atoms with Crippen LogP contribution in [0.25, 0.3) is 11.2 Å². The number of fused-ring (bicyclic) bond motifs is 1. The molecule has 0 aliphatic carbocycles. The molecule has 148 valence electrons. The highest BCUT2D eigenvalue weighted by atomic mass is 127. The van der Waals surface area contributed by atoms with E-state index in [-0.39, 0.29) is 17.0 Å². The molecule has 1 fully saturated rings. The highest BCUT2D eigenvalue weighted by Gasteiger charge is 2.44. The Morgan fingerprint density at radius 3 is 2.86 bits per heavy atom. The van der Waals surface area contributed by atoms with E-state index in [1.165, 1.54) is 0 Å². The van der Waals surface area contributed by atoms with Gasteiger partial charge in [0.25, 0.3) is 0 Å². The normalized spacial score (nSPS) is 38.9. The number of halogens is 1. The van der Waals surface area contributed by atoms with Crippen molar-refractivity contribution in [2.45, 2.75) is 31.0 Å². The van der Waals surface area contributed by atoms with Crippen molar-refractivity contribution in [2.75, 3.05) is 17.6 Å². The first-order valence-corrected chi connectivity index (χ1v) is 9.05. The third-order valence-corrected chi connectivity index (χ3v) is 5.00. The zero-order valence-corrected chi connectivity index (χ0v) is 16.3. The average molecular weight is 503 g/mol. The Hall–Kier alpha value is -2.06. The molecule has 3 aromatic rings. The molecule has 0 saturated carbocycles. The third-order valence-electron chi connectivity index (χ3n) is 4.06. The average Bonchev–Trinajstić information content (AvgIpc) is 3.22. The van der Waals surface area contributed by atoms with Gasteiger partial charge in [-0.05, 0) is 40.3 Å². The van der Waals surface area contributed by atoms with Gasteiger partial charge in [-0.3, -0.25) is 4.57 Å². The van der Waals surface area contributed by atoms with Crippen molar-refractivity contribution in [3.8, 4) is 0 Å². The molecule has 1 aromatic carbocycles. The maximum absolute atomic E-state index is 10.6. The Kier molecular flexibility index (Phi) is 3.88. The van der Waals surface area contributed by atoms with E-state index in [1.54, 1.807) is 6.07 Å². The lowest BCUT2D eigenvalue weighted by Gasteiger charge is -2.16. The number of nitrogen functional groups attached to an aromatic ring is 1. The Morgan fingerprint density at radius 2 is 2.14 bits per heavy atom. The first-order chi connectivity index (χ1) is 15.3. The Labute approximate surface area is 180 Å². The minimum Gasteiger partial charge on any atom is -0.398 e. The standard InChI is InChI=1S/C17H19IN6O4/c18-9-3-8(1-2-10(9)19)4-20-15-12-16(22-6-21-15)24(7-23-12)17-14(27)13(26)11(5-25)28-17/h1-3,6-7,11,13-14,17,25-27H,4-5,19H2,(H,20,21,22)/t11-,13-,14-,17-/m1/s1/i5D,11D,13D,14D,17D/t5?,11-,13-,14-,17-. The number of hydrogen-bond donors (Lipinski definition) is 5. The van der Waals surface area contributed by atoms with Crippen LogP contribution in [0.1, 0.15) is 18.6 Å². The second-order valence-electron chi connectivity index (χ2n) is 5.82. The number of ether oxygens (including phenoxy) is 1. The summed E-state index contributed by atoms with van der Waals surface area (Å²) in [7, 11) is 0. The van der Waals surface area contributed by atoms with Gasteiger partial charge in [-0.1, -0.05) is 6.07 Å². The number of nitrogens with one attached hydrogen (secondary N) is 1. The van der Waals surface area contributed by atoms with E-state index in [2.05, 4.69) is 42.9 Å². The molecule has 0 amide bonds. The Balaban J connectivity index is 1.74. The van der Waals surface area contributed by atoms with Crippen molar-refractivity contribution in [3.63, 3.8) is 0 Å². The summed E-state index contributed by atoms with van der Waals surface area (Å²) in [5.74, 6) is 0.236. The number of aliphatic hydroxyl groups excluding tert-OH is 1. The molecule has 2 aromatic heterocycles. The fraction of sp³-hybridized carbons (Fsp3) is 0.353. The minimum atomic E-state index is -3.58. The molecule has 0 radical (unpaired) electrons. The molecule has 11 heteroatoms. The van der Waals surface area contributed by atoms with Gasteiger partial charge in [0.1, 0.15) is 24.6 Å². The molecule has 0 bridgehead atoms. The molecule has 5 atom stereocenters. The summed E-state index contributed by atoms with van der Waals surface area (Å²) < 4.78 is 46.6. The van der Waals surface area contributed by atoms with Gasteiger partial charge in [0.15, 0.2) is 23.2 Å². The summed E-state index contributed by atoms with van der Waals surface area (Å²) in [5, 5.41) is 33.6. The van der Waals surface area contributed by atoms with Crippen molar-refractivity contribution in [3.05, 3.63) is 40.0 Å². The van der Waals surface area contributed by atoms with Gasteiger partial charge in [-0.2, -0.15) is 0 Å². The summed E-state index contributed by atoms with van der Waals surface area (Å²) in [5.41, 5.74) is 7.33. The van der Waals surface area contributed by atoms with Crippen LogP contribution in [0.4, 0.5) is 11.5 Å². The second-order valence-corrected chi connectivity index (χ2v) is 6.98. The summed E-state index contributed by atoms with van der Waals surface area (Å²) in [4.78, 5) is 12.2. The quantitative estimate of drug-likeness (QED) is 0.244. The van der Waals surface area contributed by atoms with E-state index >= 15 is 0 Å². The minimum absolute atomic E-state index is 0.107. The first kappa shape index (κ1) is 14.0. The molecule has 1 saturated heterocycles.